The molecule has 1 fully saturated rings. The fraction of sp³-hybridized carbons (Fsp3) is 0.143. The van der Waals surface area contributed by atoms with Crippen molar-refractivity contribution < 1.29 is 28.7 Å². The van der Waals surface area contributed by atoms with E-state index in [1.165, 1.54) is 6.07 Å². The van der Waals surface area contributed by atoms with Gasteiger partial charge in [0, 0.05) is 28.4 Å². The highest BCUT2D eigenvalue weighted by molar-refractivity contribution is 8.18. The summed E-state index contributed by atoms with van der Waals surface area (Å²) in [6, 6.07) is 16.0. The second-order valence-corrected chi connectivity index (χ2v) is 9.91. The summed E-state index contributed by atoms with van der Waals surface area (Å²) in [4.78, 5) is 50.6. The monoisotopic (exact) mass is 529 g/mol. The summed E-state index contributed by atoms with van der Waals surface area (Å²) in [5.41, 5.74) is 4.26. The van der Waals surface area contributed by atoms with Crippen molar-refractivity contribution in [1.82, 2.24) is 9.47 Å². The first-order chi connectivity index (χ1) is 18.2. The van der Waals surface area contributed by atoms with Gasteiger partial charge in [-0.05, 0) is 73.1 Å². The Kier molecular flexibility index (Phi) is 6.64. The molecule has 3 amide bonds. The van der Waals surface area contributed by atoms with Gasteiger partial charge in [-0.1, -0.05) is 24.3 Å². The number of fused-ring (bicyclic) bond motifs is 1. The minimum Gasteiger partial charge on any atom is -0.475 e. The molecule has 192 valence electrons. The first kappa shape index (κ1) is 25.1. The van der Waals surface area contributed by atoms with Crippen molar-refractivity contribution in [2.24, 2.45) is 0 Å². The number of nitrogens with one attached hydrogen (secondary N) is 1. The second-order valence-electron chi connectivity index (χ2n) is 8.92. The van der Waals surface area contributed by atoms with Gasteiger partial charge in [-0.3, -0.25) is 19.3 Å². The number of carbonyl (C=O) groups excluding carboxylic acids is 3. The molecular formula is C28H23N3O6S. The molecule has 5 rings (SSSR count). The van der Waals surface area contributed by atoms with Crippen LogP contribution in [0.2, 0.25) is 0 Å². The van der Waals surface area contributed by atoms with E-state index in [0.717, 1.165) is 38.7 Å². The number of anilines is 1. The van der Waals surface area contributed by atoms with Crippen LogP contribution in [0.5, 0.6) is 0 Å². The Morgan fingerprint density at radius 3 is 2.58 bits per heavy atom. The summed E-state index contributed by atoms with van der Waals surface area (Å²) in [6.07, 6.45) is 3.45. The Morgan fingerprint density at radius 1 is 1.05 bits per heavy atom. The van der Waals surface area contributed by atoms with Crippen LogP contribution in [0, 0.1) is 13.8 Å². The molecule has 1 aliphatic rings. The number of carbonyl (C=O) groups is 4. The summed E-state index contributed by atoms with van der Waals surface area (Å²) >= 11 is 0.783. The van der Waals surface area contributed by atoms with Crippen LogP contribution >= 0.6 is 11.8 Å². The quantitative estimate of drug-likeness (QED) is 0.313. The molecule has 2 aromatic carbocycles. The third kappa shape index (κ3) is 4.98. The third-order valence-electron chi connectivity index (χ3n) is 6.27. The fourth-order valence-corrected chi connectivity index (χ4v) is 5.04. The van der Waals surface area contributed by atoms with Crippen molar-refractivity contribution in [2.75, 3.05) is 11.9 Å². The third-order valence-corrected chi connectivity index (χ3v) is 7.18. The first-order valence-electron chi connectivity index (χ1n) is 11.7. The number of amides is 3. The summed E-state index contributed by atoms with van der Waals surface area (Å²) in [5, 5.41) is 12.2. The first-order valence-corrected chi connectivity index (χ1v) is 12.5. The number of carboxylic acids is 1. The van der Waals surface area contributed by atoms with Crippen LogP contribution in [0.1, 0.15) is 33.0 Å². The summed E-state index contributed by atoms with van der Waals surface area (Å²) in [6.45, 7) is 3.80. The van der Waals surface area contributed by atoms with Crippen LogP contribution in [-0.2, 0) is 16.1 Å². The van der Waals surface area contributed by atoms with Gasteiger partial charge in [0.1, 0.15) is 12.3 Å². The average Bonchev–Trinajstić information content (AvgIpc) is 3.56. The van der Waals surface area contributed by atoms with Crippen molar-refractivity contribution in [2.45, 2.75) is 20.4 Å². The van der Waals surface area contributed by atoms with Crippen LogP contribution in [0.4, 0.5) is 10.5 Å². The predicted octanol–water partition coefficient (Wildman–Crippen LogP) is 5.27. The van der Waals surface area contributed by atoms with Gasteiger partial charge >= 0.3 is 5.97 Å². The average molecular weight is 530 g/mol. The van der Waals surface area contributed by atoms with E-state index >= 15 is 0 Å². The molecule has 0 spiro atoms. The van der Waals surface area contributed by atoms with Gasteiger partial charge < -0.3 is 19.4 Å². The van der Waals surface area contributed by atoms with Crippen molar-refractivity contribution in [1.29, 1.82) is 0 Å². The maximum absolute atomic E-state index is 13.1. The lowest BCUT2D eigenvalue weighted by molar-refractivity contribution is -0.127. The van der Waals surface area contributed by atoms with E-state index in [0.29, 0.717) is 17.0 Å². The summed E-state index contributed by atoms with van der Waals surface area (Å²) in [5.74, 6) is -1.83. The van der Waals surface area contributed by atoms with E-state index in [1.54, 1.807) is 18.2 Å². The van der Waals surface area contributed by atoms with Crippen molar-refractivity contribution in [3.05, 3.63) is 93.9 Å². The van der Waals surface area contributed by atoms with E-state index in [1.807, 2.05) is 61.0 Å². The minimum atomic E-state index is -1.15. The van der Waals surface area contributed by atoms with Gasteiger partial charge in [0.2, 0.25) is 11.7 Å². The number of carboxylic acid groups (broad SMARTS) is 1. The molecule has 0 bridgehead atoms. The standard InChI is InChI=1S/C28H23N3O6S/c1-16-7-8-19(11-17(16)2)29-25(32)15-31-26(33)24(38-28(31)36)12-18-13-30(22-6-4-3-5-21(18)22)14-20-9-10-23(37-20)27(34)35/h3-13H,14-15H2,1-2H3,(H,29,32)(H,34,35)/b24-12-. The van der Waals surface area contributed by atoms with Gasteiger partial charge in [0.05, 0.1) is 11.4 Å². The number of imide groups is 1. The fourth-order valence-electron chi connectivity index (χ4n) is 4.21. The molecule has 10 heteroatoms. The van der Waals surface area contributed by atoms with Gasteiger partial charge in [-0.15, -0.1) is 0 Å². The topological polar surface area (TPSA) is 122 Å². The zero-order valence-corrected chi connectivity index (χ0v) is 21.4. The zero-order valence-electron chi connectivity index (χ0n) is 20.6. The highest BCUT2D eigenvalue weighted by atomic mass is 32.2. The molecule has 0 saturated carbocycles. The normalized spacial score (nSPS) is 14.6. The molecule has 1 saturated heterocycles. The molecule has 3 heterocycles. The number of nitrogens with zero attached hydrogens (tertiary/aromatic N) is 2. The lowest BCUT2D eigenvalue weighted by Gasteiger charge is -2.13. The highest BCUT2D eigenvalue weighted by Crippen LogP contribution is 2.34. The number of hydrogen-bond donors (Lipinski definition) is 2. The minimum absolute atomic E-state index is 0.146. The maximum Gasteiger partial charge on any atom is 0.371 e. The van der Waals surface area contributed by atoms with Crippen molar-refractivity contribution >= 4 is 57.5 Å². The Bertz CT molecular complexity index is 1650. The Labute approximate surface area is 221 Å². The number of hydrogen-bond acceptors (Lipinski definition) is 6. The summed E-state index contributed by atoms with van der Waals surface area (Å²) < 4.78 is 7.28. The largest absolute Gasteiger partial charge is 0.475 e. The van der Waals surface area contributed by atoms with Crippen LogP contribution in [0.3, 0.4) is 0 Å². The lowest BCUT2D eigenvalue weighted by atomic mass is 10.1. The number of furan rings is 1. The molecule has 2 N–H and O–H groups in total. The number of para-hydroxylation sites is 1. The van der Waals surface area contributed by atoms with Gasteiger partial charge in [0.15, 0.2) is 0 Å². The van der Waals surface area contributed by atoms with Crippen LogP contribution in [0.15, 0.2) is 70.1 Å². The van der Waals surface area contributed by atoms with E-state index in [9.17, 15) is 19.2 Å². The number of aryl methyl sites for hydroxylation is 2. The van der Waals surface area contributed by atoms with Crippen LogP contribution < -0.4 is 5.32 Å². The van der Waals surface area contributed by atoms with Crippen LogP contribution in [-0.4, -0.2) is 44.1 Å². The molecule has 2 aromatic heterocycles. The molecule has 38 heavy (non-hydrogen) atoms. The number of aromatic nitrogens is 1. The molecule has 0 unspecified atom stereocenters. The molecule has 4 aromatic rings. The van der Waals surface area contributed by atoms with Crippen LogP contribution in [0.25, 0.3) is 17.0 Å². The number of benzene rings is 2. The molecule has 0 radical (unpaired) electrons. The smallest absolute Gasteiger partial charge is 0.371 e. The Balaban J connectivity index is 1.36. The molecular weight excluding hydrogens is 506 g/mol. The second kappa shape index (κ2) is 10.1. The SMILES string of the molecule is Cc1ccc(NC(=O)CN2C(=O)S/C(=C\c3cn(Cc4ccc(C(=O)O)o4)c4ccccc34)C2=O)cc1C. The summed E-state index contributed by atoms with van der Waals surface area (Å²) in [7, 11) is 0. The molecule has 1 aliphatic heterocycles. The number of thioether (sulfide) groups is 1. The van der Waals surface area contributed by atoms with Gasteiger partial charge in [0.25, 0.3) is 11.1 Å². The van der Waals surface area contributed by atoms with Gasteiger partial charge in [-0.25, -0.2) is 4.79 Å². The van der Waals surface area contributed by atoms with Crippen molar-refractivity contribution in [3.8, 4) is 0 Å². The zero-order chi connectivity index (χ0) is 27.0. The molecule has 9 nitrogen and oxygen atoms in total. The van der Waals surface area contributed by atoms with Gasteiger partial charge in [-0.2, -0.15) is 0 Å². The van der Waals surface area contributed by atoms with E-state index < -0.39 is 23.0 Å². The van der Waals surface area contributed by atoms with E-state index in [4.69, 9.17) is 9.52 Å². The van der Waals surface area contributed by atoms with E-state index in [2.05, 4.69) is 5.32 Å². The Morgan fingerprint density at radius 2 is 1.84 bits per heavy atom. The lowest BCUT2D eigenvalue weighted by Crippen LogP contribution is -2.36. The number of aromatic carboxylic acids is 1. The maximum atomic E-state index is 13.1. The number of rotatable bonds is 7. The van der Waals surface area contributed by atoms with E-state index in [-0.39, 0.29) is 23.8 Å². The Hall–Kier alpha value is -4.57. The molecule has 0 aliphatic carbocycles. The molecule has 0 atom stereocenters. The highest BCUT2D eigenvalue weighted by Gasteiger charge is 2.36. The van der Waals surface area contributed by atoms with Crippen molar-refractivity contribution in [3.63, 3.8) is 0 Å². The predicted molar refractivity (Wildman–Crippen MR) is 144 cm³/mol.